The summed E-state index contributed by atoms with van der Waals surface area (Å²) in [6.45, 7) is 3.53. The molecule has 0 spiro atoms. The maximum atomic E-state index is 14.1. The topological polar surface area (TPSA) is 73.6 Å². The summed E-state index contributed by atoms with van der Waals surface area (Å²) in [5.41, 5.74) is 0.316. The van der Waals surface area contributed by atoms with Crippen LogP contribution in [-0.2, 0) is 9.47 Å². The van der Waals surface area contributed by atoms with Crippen LogP contribution in [0.1, 0.15) is 22.5 Å². The average molecular weight is 371 g/mol. The molecule has 1 aromatic heterocycles. The average Bonchev–Trinajstić information content (AvgIpc) is 2.95. The van der Waals surface area contributed by atoms with E-state index in [-0.39, 0.29) is 21.8 Å². The monoisotopic (exact) mass is 370 g/mol. The summed E-state index contributed by atoms with van der Waals surface area (Å²) in [6.07, 6.45) is 0.634. The SMILES string of the molecule is COCCOCCCNC(=O)c1c(-c2c(F)cccc2Cl)noc1C. The Morgan fingerprint density at radius 2 is 2.16 bits per heavy atom. The van der Waals surface area contributed by atoms with E-state index in [2.05, 4.69) is 10.5 Å². The number of aryl methyl sites for hydroxylation is 1. The first kappa shape index (κ1) is 19.4. The van der Waals surface area contributed by atoms with Gasteiger partial charge in [0, 0.05) is 20.3 Å². The summed E-state index contributed by atoms with van der Waals surface area (Å²) >= 11 is 6.06. The zero-order valence-corrected chi connectivity index (χ0v) is 14.9. The molecular weight excluding hydrogens is 351 g/mol. The highest BCUT2D eigenvalue weighted by Crippen LogP contribution is 2.33. The van der Waals surface area contributed by atoms with Crippen LogP contribution in [0.15, 0.2) is 22.7 Å². The van der Waals surface area contributed by atoms with Crippen molar-refractivity contribution >= 4 is 17.5 Å². The first-order valence-corrected chi connectivity index (χ1v) is 8.19. The number of hydrogen-bond donors (Lipinski definition) is 1. The number of carbonyl (C=O) groups excluding carboxylic acids is 1. The summed E-state index contributed by atoms with van der Waals surface area (Å²) in [5, 5.41) is 6.72. The number of amides is 1. The molecule has 1 heterocycles. The van der Waals surface area contributed by atoms with Gasteiger partial charge in [-0.05, 0) is 25.5 Å². The number of carbonyl (C=O) groups is 1. The smallest absolute Gasteiger partial charge is 0.257 e. The Morgan fingerprint density at radius 3 is 2.88 bits per heavy atom. The van der Waals surface area contributed by atoms with Crippen molar-refractivity contribution in [3.8, 4) is 11.3 Å². The Labute approximate surface area is 150 Å². The van der Waals surface area contributed by atoms with Gasteiger partial charge >= 0.3 is 0 Å². The Kier molecular flexibility index (Phi) is 7.36. The number of benzene rings is 1. The Balaban J connectivity index is 2.03. The highest BCUT2D eigenvalue weighted by atomic mass is 35.5. The molecule has 1 N–H and O–H groups in total. The second kappa shape index (κ2) is 9.50. The first-order chi connectivity index (χ1) is 12.1. The number of rotatable bonds is 9. The molecule has 0 aliphatic carbocycles. The van der Waals surface area contributed by atoms with Crippen molar-refractivity contribution in [3.05, 3.63) is 40.4 Å². The van der Waals surface area contributed by atoms with Crippen LogP contribution in [0.2, 0.25) is 5.02 Å². The fourth-order valence-electron chi connectivity index (χ4n) is 2.24. The van der Waals surface area contributed by atoms with Gasteiger partial charge < -0.3 is 19.3 Å². The van der Waals surface area contributed by atoms with E-state index in [1.807, 2.05) is 0 Å². The number of nitrogens with zero attached hydrogens (tertiary/aromatic N) is 1. The molecule has 8 heteroatoms. The van der Waals surface area contributed by atoms with Gasteiger partial charge in [-0.3, -0.25) is 4.79 Å². The molecule has 0 unspecified atom stereocenters. The molecule has 0 saturated carbocycles. The highest BCUT2D eigenvalue weighted by Gasteiger charge is 2.25. The molecule has 1 amide bonds. The van der Waals surface area contributed by atoms with Gasteiger partial charge in [-0.15, -0.1) is 0 Å². The molecular formula is C17H20ClFN2O4. The molecule has 6 nitrogen and oxygen atoms in total. The van der Waals surface area contributed by atoms with Crippen LogP contribution in [0.3, 0.4) is 0 Å². The van der Waals surface area contributed by atoms with E-state index in [1.54, 1.807) is 14.0 Å². The second-order valence-electron chi connectivity index (χ2n) is 5.27. The third-order valence-electron chi connectivity index (χ3n) is 3.47. The standard InChI is InChI=1S/C17H20ClFN2O4/c1-11-14(17(22)20-7-4-8-24-10-9-23-2)16(21-25-11)15-12(18)5-3-6-13(15)19/h3,5-6H,4,7-10H2,1-2H3,(H,20,22). The van der Waals surface area contributed by atoms with Gasteiger partial charge in [-0.25, -0.2) is 4.39 Å². The molecule has 0 fully saturated rings. The van der Waals surface area contributed by atoms with Crippen LogP contribution in [0.4, 0.5) is 4.39 Å². The first-order valence-electron chi connectivity index (χ1n) is 7.81. The molecule has 2 rings (SSSR count). The van der Waals surface area contributed by atoms with E-state index >= 15 is 0 Å². The van der Waals surface area contributed by atoms with Crippen LogP contribution in [0.25, 0.3) is 11.3 Å². The molecule has 136 valence electrons. The van der Waals surface area contributed by atoms with Crippen LogP contribution in [0, 0.1) is 12.7 Å². The minimum atomic E-state index is -0.568. The normalized spacial score (nSPS) is 10.9. The number of methoxy groups -OCH3 is 1. The van der Waals surface area contributed by atoms with E-state index in [0.717, 1.165) is 0 Å². The van der Waals surface area contributed by atoms with Crippen molar-refractivity contribution in [2.75, 3.05) is 33.5 Å². The fourth-order valence-corrected chi connectivity index (χ4v) is 2.50. The van der Waals surface area contributed by atoms with E-state index in [9.17, 15) is 9.18 Å². The van der Waals surface area contributed by atoms with Gasteiger partial charge in [-0.1, -0.05) is 22.8 Å². The summed E-state index contributed by atoms with van der Waals surface area (Å²) < 4.78 is 29.4. The lowest BCUT2D eigenvalue weighted by molar-refractivity contribution is 0.0688. The molecule has 0 aliphatic rings. The lowest BCUT2D eigenvalue weighted by atomic mass is 10.0. The van der Waals surface area contributed by atoms with Crippen molar-refractivity contribution in [2.24, 2.45) is 0 Å². The molecule has 1 aromatic carbocycles. The Morgan fingerprint density at radius 1 is 1.36 bits per heavy atom. The third-order valence-corrected chi connectivity index (χ3v) is 3.79. The molecule has 0 saturated heterocycles. The number of nitrogens with one attached hydrogen (secondary N) is 1. The van der Waals surface area contributed by atoms with Crippen molar-refractivity contribution < 1.29 is 23.2 Å². The van der Waals surface area contributed by atoms with Gasteiger partial charge in [0.2, 0.25) is 0 Å². The van der Waals surface area contributed by atoms with E-state index < -0.39 is 11.7 Å². The summed E-state index contributed by atoms with van der Waals surface area (Å²) in [6, 6.07) is 4.27. The lowest BCUT2D eigenvalue weighted by Gasteiger charge is -2.08. The van der Waals surface area contributed by atoms with Crippen molar-refractivity contribution in [3.63, 3.8) is 0 Å². The maximum absolute atomic E-state index is 14.1. The molecule has 0 radical (unpaired) electrons. The zero-order chi connectivity index (χ0) is 18.2. The van der Waals surface area contributed by atoms with Gasteiger partial charge in [0.05, 0.1) is 23.8 Å². The lowest BCUT2D eigenvalue weighted by Crippen LogP contribution is -2.26. The molecule has 0 bridgehead atoms. The summed E-state index contributed by atoms with van der Waals surface area (Å²) in [7, 11) is 1.60. The van der Waals surface area contributed by atoms with Crippen LogP contribution in [-0.4, -0.2) is 44.5 Å². The Hall–Kier alpha value is -1.96. The molecule has 0 aliphatic heterocycles. The zero-order valence-electron chi connectivity index (χ0n) is 14.1. The summed E-state index contributed by atoms with van der Waals surface area (Å²) in [4.78, 5) is 12.4. The summed E-state index contributed by atoms with van der Waals surface area (Å²) in [5.74, 6) is -0.672. The molecule has 25 heavy (non-hydrogen) atoms. The van der Waals surface area contributed by atoms with Crippen LogP contribution in [0.5, 0.6) is 0 Å². The number of aromatic nitrogens is 1. The Bertz CT molecular complexity index is 700. The van der Waals surface area contributed by atoms with Crippen LogP contribution >= 0.6 is 11.6 Å². The number of ether oxygens (including phenoxy) is 2. The van der Waals surface area contributed by atoms with Gasteiger partial charge in [-0.2, -0.15) is 0 Å². The second-order valence-corrected chi connectivity index (χ2v) is 5.68. The fraction of sp³-hybridized carbons (Fsp3) is 0.412. The predicted octanol–water partition coefficient (Wildman–Crippen LogP) is 3.23. The molecule has 0 atom stereocenters. The number of hydrogen-bond acceptors (Lipinski definition) is 5. The van der Waals surface area contributed by atoms with Gasteiger partial charge in [0.25, 0.3) is 5.91 Å². The minimum absolute atomic E-state index is 0.0501. The third kappa shape index (κ3) is 5.01. The van der Waals surface area contributed by atoms with E-state index in [4.69, 9.17) is 25.6 Å². The van der Waals surface area contributed by atoms with Crippen molar-refractivity contribution in [1.29, 1.82) is 0 Å². The van der Waals surface area contributed by atoms with Gasteiger partial charge in [0.1, 0.15) is 22.8 Å². The highest BCUT2D eigenvalue weighted by molar-refractivity contribution is 6.33. The maximum Gasteiger partial charge on any atom is 0.257 e. The predicted molar refractivity (Wildman–Crippen MR) is 91.3 cm³/mol. The quantitative estimate of drug-likeness (QED) is 0.686. The molecule has 2 aromatic rings. The van der Waals surface area contributed by atoms with Crippen LogP contribution < -0.4 is 5.32 Å². The number of halogens is 2. The van der Waals surface area contributed by atoms with E-state index in [1.165, 1.54) is 18.2 Å². The van der Waals surface area contributed by atoms with E-state index in [0.29, 0.717) is 38.5 Å². The largest absolute Gasteiger partial charge is 0.382 e. The van der Waals surface area contributed by atoms with Crippen molar-refractivity contribution in [1.82, 2.24) is 10.5 Å². The minimum Gasteiger partial charge on any atom is -0.382 e. The van der Waals surface area contributed by atoms with Crippen molar-refractivity contribution in [2.45, 2.75) is 13.3 Å². The van der Waals surface area contributed by atoms with Gasteiger partial charge in [0.15, 0.2) is 0 Å².